The fraction of sp³-hybridized carbons (Fsp3) is 0.474. The minimum absolute atomic E-state index is 0.189. The number of piperidine rings is 1. The number of aromatic nitrogens is 2. The van der Waals surface area contributed by atoms with E-state index in [0.29, 0.717) is 16.4 Å². The zero-order valence-corrected chi connectivity index (χ0v) is 17.2. The van der Waals surface area contributed by atoms with E-state index < -0.39 is 0 Å². The van der Waals surface area contributed by atoms with Crippen LogP contribution < -0.4 is 5.32 Å². The molecule has 8 heteroatoms. The minimum Gasteiger partial charge on any atom is -0.393 e. The van der Waals surface area contributed by atoms with Crippen LogP contribution in [0.1, 0.15) is 47.9 Å². The quantitative estimate of drug-likeness (QED) is 0.741. The molecule has 2 aromatic rings. The number of aryl methyl sites for hydroxylation is 1. The van der Waals surface area contributed by atoms with Gasteiger partial charge in [0.2, 0.25) is 0 Å². The highest BCUT2D eigenvalue weighted by molar-refractivity contribution is 9.10. The third kappa shape index (κ3) is 3.92. The first kappa shape index (κ1) is 18.9. The van der Waals surface area contributed by atoms with Crippen molar-refractivity contribution in [3.05, 3.63) is 45.1 Å². The van der Waals surface area contributed by atoms with Gasteiger partial charge in [-0.3, -0.25) is 14.4 Å². The first-order valence-electron chi connectivity index (χ1n) is 9.28. The third-order valence-corrected chi connectivity index (χ3v) is 6.67. The Hall–Kier alpha value is -1.41. The van der Waals surface area contributed by atoms with E-state index in [0.717, 1.165) is 55.5 Å². The molecule has 6 nitrogen and oxygen atoms in total. The first-order valence-corrected chi connectivity index (χ1v) is 10.5. The fourth-order valence-electron chi connectivity index (χ4n) is 3.93. The summed E-state index contributed by atoms with van der Waals surface area (Å²) in [4.78, 5) is 15.1. The van der Waals surface area contributed by atoms with Crippen molar-refractivity contribution in [3.63, 3.8) is 0 Å². The van der Waals surface area contributed by atoms with Crippen molar-refractivity contribution in [2.24, 2.45) is 0 Å². The number of aliphatic hydroxyl groups excluding tert-OH is 1. The van der Waals surface area contributed by atoms with Gasteiger partial charge in [-0.25, -0.2) is 0 Å². The molecular weight excluding hydrogens is 432 g/mol. The van der Waals surface area contributed by atoms with Crippen LogP contribution in [0.2, 0.25) is 5.02 Å². The molecule has 4 rings (SSSR count). The molecule has 1 saturated heterocycles. The van der Waals surface area contributed by atoms with Gasteiger partial charge in [-0.2, -0.15) is 5.10 Å². The van der Waals surface area contributed by atoms with E-state index in [1.807, 2.05) is 22.9 Å². The highest BCUT2D eigenvalue weighted by Gasteiger charge is 2.31. The monoisotopic (exact) mass is 452 g/mol. The lowest BCUT2D eigenvalue weighted by Crippen LogP contribution is -2.40. The minimum atomic E-state index is -0.260. The average molecular weight is 454 g/mol. The smallest absolute Gasteiger partial charge is 0.276 e. The van der Waals surface area contributed by atoms with Gasteiger partial charge < -0.3 is 10.4 Å². The van der Waals surface area contributed by atoms with Crippen molar-refractivity contribution >= 4 is 39.1 Å². The second-order valence-electron chi connectivity index (χ2n) is 7.16. The second kappa shape index (κ2) is 7.91. The second-order valence-corrected chi connectivity index (χ2v) is 8.39. The summed E-state index contributed by atoms with van der Waals surface area (Å²) in [6.07, 6.45) is 3.52. The maximum absolute atomic E-state index is 12.7. The van der Waals surface area contributed by atoms with Crippen molar-refractivity contribution in [2.45, 2.75) is 44.4 Å². The normalized spacial score (nSPS) is 21.1. The Morgan fingerprint density at radius 2 is 2.04 bits per heavy atom. The fourth-order valence-corrected chi connectivity index (χ4v) is 4.47. The van der Waals surface area contributed by atoms with E-state index in [1.165, 1.54) is 0 Å². The molecule has 2 aliphatic rings. The Morgan fingerprint density at radius 1 is 1.26 bits per heavy atom. The molecule has 1 amide bonds. The van der Waals surface area contributed by atoms with Crippen LogP contribution in [-0.2, 0) is 6.54 Å². The lowest BCUT2D eigenvalue weighted by atomic mass is 9.98. The summed E-state index contributed by atoms with van der Waals surface area (Å²) < 4.78 is 2.69. The van der Waals surface area contributed by atoms with Gasteiger partial charge in [-0.15, -0.1) is 0 Å². The van der Waals surface area contributed by atoms with E-state index in [9.17, 15) is 9.90 Å². The summed E-state index contributed by atoms with van der Waals surface area (Å²) >= 11 is 9.62. The molecule has 0 aliphatic carbocycles. The standard InChI is InChI=1S/C19H22BrClN4O2/c20-13-3-1-4-14(18(13)21)22-19(27)15-11-17-16(5-2-8-25(17)23-15)24-9-6-12(26)7-10-24/h1,3-4,11-12,16,26H,2,5-10H2,(H,22,27)/t16-/m1/s1. The lowest BCUT2D eigenvalue weighted by molar-refractivity contribution is 0.0512. The summed E-state index contributed by atoms with van der Waals surface area (Å²) in [6.45, 7) is 2.59. The van der Waals surface area contributed by atoms with Crippen LogP contribution in [0.4, 0.5) is 5.69 Å². The van der Waals surface area contributed by atoms with Gasteiger partial charge in [0, 0.05) is 24.1 Å². The largest absolute Gasteiger partial charge is 0.393 e. The molecule has 0 saturated carbocycles. The molecule has 2 aliphatic heterocycles. The van der Waals surface area contributed by atoms with Gasteiger partial charge in [0.05, 0.1) is 28.5 Å². The number of carbonyl (C=O) groups is 1. The Balaban J connectivity index is 1.54. The summed E-state index contributed by atoms with van der Waals surface area (Å²) in [5.41, 5.74) is 2.05. The number of hydrogen-bond acceptors (Lipinski definition) is 4. The van der Waals surface area contributed by atoms with Crippen LogP contribution in [0, 0.1) is 0 Å². The zero-order valence-electron chi connectivity index (χ0n) is 14.9. The number of likely N-dealkylation sites (tertiary alicyclic amines) is 1. The number of rotatable bonds is 3. The van der Waals surface area contributed by atoms with Gasteiger partial charge in [-0.1, -0.05) is 17.7 Å². The van der Waals surface area contributed by atoms with E-state index >= 15 is 0 Å². The number of carbonyl (C=O) groups excluding carboxylic acids is 1. The molecule has 2 N–H and O–H groups in total. The summed E-state index contributed by atoms with van der Waals surface area (Å²) in [5, 5.41) is 17.6. The number of hydrogen-bond donors (Lipinski definition) is 2. The molecule has 0 unspecified atom stereocenters. The lowest BCUT2D eigenvalue weighted by Gasteiger charge is -2.38. The van der Waals surface area contributed by atoms with Gasteiger partial charge in [0.1, 0.15) is 0 Å². The van der Waals surface area contributed by atoms with Crippen LogP contribution in [-0.4, -0.2) is 44.9 Å². The molecule has 1 atom stereocenters. The highest BCUT2D eigenvalue weighted by atomic mass is 79.9. The molecule has 144 valence electrons. The first-order chi connectivity index (χ1) is 13.0. The molecule has 0 radical (unpaired) electrons. The van der Waals surface area contributed by atoms with Crippen LogP contribution in [0.25, 0.3) is 0 Å². The van der Waals surface area contributed by atoms with Crippen molar-refractivity contribution in [3.8, 4) is 0 Å². The summed E-state index contributed by atoms with van der Waals surface area (Å²) in [6, 6.07) is 7.58. The molecule has 1 aromatic carbocycles. The maximum atomic E-state index is 12.7. The van der Waals surface area contributed by atoms with Crippen LogP contribution in [0.3, 0.4) is 0 Å². The predicted octanol–water partition coefficient (Wildman–Crippen LogP) is 3.84. The predicted molar refractivity (Wildman–Crippen MR) is 108 cm³/mol. The van der Waals surface area contributed by atoms with Crippen molar-refractivity contribution < 1.29 is 9.90 Å². The highest BCUT2D eigenvalue weighted by Crippen LogP contribution is 2.34. The van der Waals surface area contributed by atoms with Gasteiger partial charge in [-0.05, 0) is 59.8 Å². The molecule has 3 heterocycles. The van der Waals surface area contributed by atoms with E-state index in [2.05, 4.69) is 31.2 Å². The molecule has 0 bridgehead atoms. The van der Waals surface area contributed by atoms with E-state index in [-0.39, 0.29) is 18.1 Å². The molecule has 27 heavy (non-hydrogen) atoms. The van der Waals surface area contributed by atoms with Crippen LogP contribution in [0.5, 0.6) is 0 Å². The van der Waals surface area contributed by atoms with E-state index in [1.54, 1.807) is 6.07 Å². The van der Waals surface area contributed by atoms with Crippen molar-refractivity contribution in [2.75, 3.05) is 18.4 Å². The zero-order chi connectivity index (χ0) is 19.0. The average Bonchev–Trinajstić information content (AvgIpc) is 3.11. The Morgan fingerprint density at radius 3 is 2.81 bits per heavy atom. The molecule has 0 spiro atoms. The molecule has 1 fully saturated rings. The van der Waals surface area contributed by atoms with Crippen LogP contribution in [0.15, 0.2) is 28.7 Å². The molecular formula is C19H22BrClN4O2. The number of nitrogens with zero attached hydrogens (tertiary/aromatic N) is 3. The van der Waals surface area contributed by atoms with Crippen LogP contribution >= 0.6 is 27.5 Å². The number of benzene rings is 1. The Kier molecular flexibility index (Phi) is 5.55. The number of aliphatic hydroxyl groups is 1. The van der Waals surface area contributed by atoms with Crippen molar-refractivity contribution in [1.29, 1.82) is 0 Å². The molecule has 1 aromatic heterocycles. The van der Waals surface area contributed by atoms with E-state index in [4.69, 9.17) is 11.6 Å². The van der Waals surface area contributed by atoms with Crippen molar-refractivity contribution in [1.82, 2.24) is 14.7 Å². The third-order valence-electron chi connectivity index (χ3n) is 5.37. The summed E-state index contributed by atoms with van der Waals surface area (Å²) in [5.74, 6) is -0.260. The van der Waals surface area contributed by atoms with Gasteiger partial charge >= 0.3 is 0 Å². The summed E-state index contributed by atoms with van der Waals surface area (Å²) in [7, 11) is 0. The number of anilines is 1. The maximum Gasteiger partial charge on any atom is 0.276 e. The Labute approximate surface area is 171 Å². The topological polar surface area (TPSA) is 70.4 Å². The number of fused-ring (bicyclic) bond motifs is 1. The number of nitrogens with one attached hydrogen (secondary N) is 1. The van der Waals surface area contributed by atoms with Gasteiger partial charge in [0.25, 0.3) is 5.91 Å². The number of halogens is 2. The Bertz CT molecular complexity index is 848. The SMILES string of the molecule is O=C(Nc1cccc(Br)c1Cl)c1cc2n(n1)CCC[C@H]2N1CCC(O)CC1. The number of amides is 1. The van der Waals surface area contributed by atoms with Gasteiger partial charge in [0.15, 0.2) is 5.69 Å².